The average molecular weight is 292 g/mol. The third-order valence-electron chi connectivity index (χ3n) is 2.84. The number of ether oxygens (including phenoxy) is 1. The number of aromatic nitrogens is 3. The maximum atomic E-state index is 6.03. The standard InChI is InChI=1S/C13H10ClN3OS/c1-18-11-7-8(4-5-9(11)14)17-12-10(16-13(17)19)3-2-6-15-12/h2-7H,1H3,(H,16,19). The minimum Gasteiger partial charge on any atom is -0.495 e. The average Bonchev–Trinajstić information content (AvgIpc) is 2.75. The van der Waals surface area contributed by atoms with E-state index in [0.29, 0.717) is 15.5 Å². The van der Waals surface area contributed by atoms with Crippen molar-refractivity contribution in [1.82, 2.24) is 14.5 Å². The summed E-state index contributed by atoms with van der Waals surface area (Å²) in [7, 11) is 1.58. The van der Waals surface area contributed by atoms with Crippen molar-refractivity contribution in [3.05, 3.63) is 46.3 Å². The van der Waals surface area contributed by atoms with E-state index in [2.05, 4.69) is 9.97 Å². The predicted octanol–water partition coefficient (Wildman–Crippen LogP) is 3.75. The number of aromatic amines is 1. The first kappa shape index (κ1) is 12.2. The van der Waals surface area contributed by atoms with Crippen molar-refractivity contribution in [3.63, 3.8) is 0 Å². The molecule has 6 heteroatoms. The first-order valence-electron chi connectivity index (χ1n) is 5.60. The van der Waals surface area contributed by atoms with Crippen molar-refractivity contribution in [3.8, 4) is 11.4 Å². The molecule has 0 saturated heterocycles. The van der Waals surface area contributed by atoms with Crippen molar-refractivity contribution in [2.75, 3.05) is 7.11 Å². The molecule has 0 aliphatic heterocycles. The molecular weight excluding hydrogens is 282 g/mol. The molecule has 19 heavy (non-hydrogen) atoms. The number of imidazole rings is 1. The zero-order valence-electron chi connectivity index (χ0n) is 10.1. The lowest BCUT2D eigenvalue weighted by atomic mass is 10.3. The van der Waals surface area contributed by atoms with E-state index < -0.39 is 0 Å². The van der Waals surface area contributed by atoms with Gasteiger partial charge in [0.1, 0.15) is 5.75 Å². The van der Waals surface area contributed by atoms with E-state index in [1.54, 1.807) is 19.4 Å². The zero-order chi connectivity index (χ0) is 13.4. The Morgan fingerprint density at radius 1 is 1.37 bits per heavy atom. The van der Waals surface area contributed by atoms with Crippen molar-refractivity contribution in [2.24, 2.45) is 0 Å². The molecule has 0 amide bonds. The number of H-pyrrole nitrogens is 1. The van der Waals surface area contributed by atoms with Gasteiger partial charge in [-0.3, -0.25) is 4.57 Å². The van der Waals surface area contributed by atoms with Gasteiger partial charge in [0, 0.05) is 12.3 Å². The summed E-state index contributed by atoms with van der Waals surface area (Å²) in [5, 5.41) is 0.561. The van der Waals surface area contributed by atoms with Crippen LogP contribution in [0.5, 0.6) is 5.75 Å². The third-order valence-corrected chi connectivity index (χ3v) is 3.43. The van der Waals surface area contributed by atoms with Gasteiger partial charge >= 0.3 is 0 Å². The van der Waals surface area contributed by atoms with E-state index in [-0.39, 0.29) is 0 Å². The molecule has 4 nitrogen and oxygen atoms in total. The van der Waals surface area contributed by atoms with Crippen molar-refractivity contribution < 1.29 is 4.74 Å². The van der Waals surface area contributed by atoms with Crippen molar-refractivity contribution in [1.29, 1.82) is 0 Å². The Hall–Kier alpha value is -1.85. The van der Waals surface area contributed by atoms with E-state index in [4.69, 9.17) is 28.6 Å². The Bertz CT molecular complexity index is 809. The van der Waals surface area contributed by atoms with Gasteiger partial charge in [0.25, 0.3) is 0 Å². The van der Waals surface area contributed by atoms with Gasteiger partial charge in [-0.15, -0.1) is 0 Å². The monoisotopic (exact) mass is 291 g/mol. The molecule has 3 rings (SSSR count). The van der Waals surface area contributed by atoms with Crippen molar-refractivity contribution >= 4 is 35.0 Å². The molecule has 0 fully saturated rings. The number of rotatable bonds is 2. The van der Waals surface area contributed by atoms with E-state index in [1.807, 2.05) is 28.8 Å². The summed E-state index contributed by atoms with van der Waals surface area (Å²) in [6.07, 6.45) is 1.73. The second-order valence-electron chi connectivity index (χ2n) is 3.96. The summed E-state index contributed by atoms with van der Waals surface area (Å²) in [5.41, 5.74) is 2.52. The fourth-order valence-electron chi connectivity index (χ4n) is 1.97. The molecule has 0 radical (unpaired) electrons. The summed E-state index contributed by atoms with van der Waals surface area (Å²) >= 11 is 11.4. The minimum absolute atomic E-state index is 0.561. The number of methoxy groups -OCH3 is 1. The Kier molecular flexibility index (Phi) is 3.00. The van der Waals surface area contributed by atoms with Gasteiger partial charge in [0.05, 0.1) is 23.3 Å². The topological polar surface area (TPSA) is 42.8 Å². The van der Waals surface area contributed by atoms with E-state index >= 15 is 0 Å². The van der Waals surface area contributed by atoms with Crippen LogP contribution in [0.3, 0.4) is 0 Å². The molecular formula is C13H10ClN3OS. The van der Waals surface area contributed by atoms with E-state index in [1.165, 1.54) is 0 Å². The highest BCUT2D eigenvalue weighted by Crippen LogP contribution is 2.28. The molecule has 2 aromatic heterocycles. The van der Waals surface area contributed by atoms with Crippen LogP contribution in [0, 0.1) is 4.77 Å². The number of nitrogens with zero attached hydrogens (tertiary/aromatic N) is 2. The van der Waals surface area contributed by atoms with Gasteiger partial charge in [-0.05, 0) is 36.5 Å². The Balaban J connectivity index is 2.30. The molecule has 2 heterocycles. The highest BCUT2D eigenvalue weighted by molar-refractivity contribution is 7.71. The zero-order valence-corrected chi connectivity index (χ0v) is 11.6. The van der Waals surface area contributed by atoms with Crippen LogP contribution in [0.15, 0.2) is 36.5 Å². The van der Waals surface area contributed by atoms with Crippen molar-refractivity contribution in [2.45, 2.75) is 0 Å². The lowest BCUT2D eigenvalue weighted by Crippen LogP contribution is -1.96. The second kappa shape index (κ2) is 4.68. The largest absolute Gasteiger partial charge is 0.495 e. The number of halogens is 1. The number of hydrogen-bond acceptors (Lipinski definition) is 3. The molecule has 0 aliphatic rings. The van der Waals surface area contributed by atoms with Crippen LogP contribution < -0.4 is 4.74 Å². The van der Waals surface area contributed by atoms with Gasteiger partial charge < -0.3 is 9.72 Å². The van der Waals surface area contributed by atoms with Crippen LogP contribution in [-0.4, -0.2) is 21.6 Å². The van der Waals surface area contributed by atoms with Gasteiger partial charge in [-0.1, -0.05) is 11.6 Å². The SMILES string of the molecule is COc1cc(-n2c(=S)[nH]c3cccnc32)ccc1Cl. The molecule has 0 saturated carbocycles. The van der Waals surface area contributed by atoms with E-state index in [9.17, 15) is 0 Å². The summed E-state index contributed by atoms with van der Waals surface area (Å²) in [5.74, 6) is 0.603. The molecule has 96 valence electrons. The molecule has 1 N–H and O–H groups in total. The highest BCUT2D eigenvalue weighted by atomic mass is 35.5. The molecule has 0 aliphatic carbocycles. The summed E-state index contributed by atoms with van der Waals surface area (Å²) in [4.78, 5) is 7.47. The van der Waals surface area contributed by atoms with Crippen LogP contribution in [0.1, 0.15) is 0 Å². The molecule has 3 aromatic rings. The predicted molar refractivity (Wildman–Crippen MR) is 77.8 cm³/mol. The highest BCUT2D eigenvalue weighted by Gasteiger charge is 2.09. The number of pyridine rings is 1. The van der Waals surface area contributed by atoms with Gasteiger partial charge in [-0.2, -0.15) is 0 Å². The van der Waals surface area contributed by atoms with Crippen LogP contribution >= 0.6 is 23.8 Å². The van der Waals surface area contributed by atoms with Gasteiger partial charge in [0.15, 0.2) is 10.4 Å². The smallest absolute Gasteiger partial charge is 0.184 e. The molecule has 0 bridgehead atoms. The third kappa shape index (κ3) is 2.01. The fourth-order valence-corrected chi connectivity index (χ4v) is 2.46. The quantitative estimate of drug-likeness (QED) is 0.731. The number of benzene rings is 1. The summed E-state index contributed by atoms with van der Waals surface area (Å²) < 4.78 is 7.66. The van der Waals surface area contributed by atoms with E-state index in [0.717, 1.165) is 16.9 Å². The maximum Gasteiger partial charge on any atom is 0.184 e. The molecule has 1 aromatic carbocycles. The van der Waals surface area contributed by atoms with Gasteiger partial charge in [0.2, 0.25) is 0 Å². The molecule has 0 atom stereocenters. The summed E-state index contributed by atoms with van der Waals surface area (Å²) in [6, 6.07) is 9.28. The van der Waals surface area contributed by atoms with Crippen LogP contribution in [-0.2, 0) is 0 Å². The maximum absolute atomic E-state index is 6.03. The Labute approximate surface area is 119 Å². The number of hydrogen-bond donors (Lipinski definition) is 1. The lowest BCUT2D eigenvalue weighted by Gasteiger charge is -2.07. The minimum atomic E-state index is 0.561. The second-order valence-corrected chi connectivity index (χ2v) is 4.75. The Morgan fingerprint density at radius 3 is 3.00 bits per heavy atom. The lowest BCUT2D eigenvalue weighted by molar-refractivity contribution is 0.415. The summed E-state index contributed by atoms with van der Waals surface area (Å²) in [6.45, 7) is 0. The van der Waals surface area contributed by atoms with Crippen LogP contribution in [0.2, 0.25) is 5.02 Å². The normalized spacial score (nSPS) is 10.8. The first-order chi connectivity index (χ1) is 9.20. The van der Waals surface area contributed by atoms with Crippen LogP contribution in [0.25, 0.3) is 16.9 Å². The fraction of sp³-hybridized carbons (Fsp3) is 0.0769. The molecule has 0 spiro atoms. The molecule has 0 unspecified atom stereocenters. The Morgan fingerprint density at radius 2 is 2.21 bits per heavy atom. The first-order valence-corrected chi connectivity index (χ1v) is 6.39. The van der Waals surface area contributed by atoms with Crippen LogP contribution in [0.4, 0.5) is 0 Å². The number of fused-ring (bicyclic) bond motifs is 1. The number of nitrogens with one attached hydrogen (secondary N) is 1. The van der Waals surface area contributed by atoms with Gasteiger partial charge in [-0.25, -0.2) is 4.98 Å².